The van der Waals surface area contributed by atoms with Crippen molar-refractivity contribution in [3.8, 4) is 0 Å². The van der Waals surface area contributed by atoms with E-state index in [2.05, 4.69) is 4.74 Å². The van der Waals surface area contributed by atoms with Crippen molar-refractivity contribution in [2.45, 2.75) is 19.9 Å². The van der Waals surface area contributed by atoms with Gasteiger partial charge in [-0.05, 0) is 29.3 Å². The Morgan fingerprint density at radius 1 is 1.44 bits per heavy atom. The molecule has 0 bridgehead atoms. The van der Waals surface area contributed by atoms with Crippen molar-refractivity contribution in [2.24, 2.45) is 0 Å². The Morgan fingerprint density at radius 2 is 2.22 bits per heavy atom. The first-order valence-corrected chi connectivity index (χ1v) is 6.61. The van der Waals surface area contributed by atoms with E-state index < -0.39 is 6.09 Å². The number of carbonyl (C=O) groups is 2. The lowest BCUT2D eigenvalue weighted by Gasteiger charge is -2.20. The molecule has 0 saturated carbocycles. The number of rotatable bonds is 6. The van der Waals surface area contributed by atoms with Gasteiger partial charge in [0.1, 0.15) is 0 Å². The van der Waals surface area contributed by atoms with Crippen LogP contribution in [-0.4, -0.2) is 37.2 Å². The van der Waals surface area contributed by atoms with Gasteiger partial charge in [0.15, 0.2) is 0 Å². The van der Waals surface area contributed by atoms with E-state index in [1.165, 1.54) is 12.0 Å². The third-order valence-corrected chi connectivity index (χ3v) is 3.03. The molecule has 0 radical (unpaired) electrons. The molecule has 0 spiro atoms. The standard InChI is InChI=1S/C12H17NO4S/c1-3-17-12(15)13(6-4-11(14)16-2)8-10-5-7-18-9-10/h5,7,9H,3-4,6,8H2,1-2H3. The average Bonchev–Trinajstić information content (AvgIpc) is 2.87. The molecule has 1 rings (SSSR count). The maximum Gasteiger partial charge on any atom is 0.410 e. The van der Waals surface area contributed by atoms with Gasteiger partial charge >= 0.3 is 12.1 Å². The number of thiophene rings is 1. The summed E-state index contributed by atoms with van der Waals surface area (Å²) in [5.41, 5.74) is 1.03. The van der Waals surface area contributed by atoms with Crippen LogP contribution in [0.15, 0.2) is 16.8 Å². The summed E-state index contributed by atoms with van der Waals surface area (Å²) in [5.74, 6) is -0.338. The lowest BCUT2D eigenvalue weighted by atomic mass is 10.3. The molecular weight excluding hydrogens is 254 g/mol. The normalized spacial score (nSPS) is 9.89. The zero-order valence-corrected chi connectivity index (χ0v) is 11.4. The zero-order chi connectivity index (χ0) is 13.4. The number of amides is 1. The molecule has 5 nitrogen and oxygen atoms in total. The van der Waals surface area contributed by atoms with E-state index in [4.69, 9.17) is 4.74 Å². The second-order valence-electron chi connectivity index (χ2n) is 3.58. The minimum absolute atomic E-state index is 0.166. The van der Waals surface area contributed by atoms with Crippen LogP contribution in [0.5, 0.6) is 0 Å². The summed E-state index contributed by atoms with van der Waals surface area (Å²) in [5, 5.41) is 3.91. The summed E-state index contributed by atoms with van der Waals surface area (Å²) in [4.78, 5) is 24.3. The highest BCUT2D eigenvalue weighted by Crippen LogP contribution is 2.11. The van der Waals surface area contributed by atoms with Gasteiger partial charge in [-0.2, -0.15) is 11.3 Å². The minimum Gasteiger partial charge on any atom is -0.469 e. The second-order valence-corrected chi connectivity index (χ2v) is 4.36. The lowest BCUT2D eigenvalue weighted by Crippen LogP contribution is -2.33. The third-order valence-electron chi connectivity index (χ3n) is 2.29. The summed E-state index contributed by atoms with van der Waals surface area (Å²) in [6.07, 6.45) is -0.244. The number of methoxy groups -OCH3 is 1. The van der Waals surface area contributed by atoms with Gasteiger partial charge in [0.25, 0.3) is 0 Å². The summed E-state index contributed by atoms with van der Waals surface area (Å²) in [6.45, 7) is 2.80. The first-order chi connectivity index (χ1) is 8.67. The monoisotopic (exact) mass is 271 g/mol. The quantitative estimate of drug-likeness (QED) is 0.745. The number of carbonyl (C=O) groups excluding carboxylic acids is 2. The van der Waals surface area contributed by atoms with E-state index >= 15 is 0 Å². The van der Waals surface area contributed by atoms with Crippen LogP contribution in [0.3, 0.4) is 0 Å². The predicted molar refractivity (Wildman–Crippen MR) is 68.4 cm³/mol. The Morgan fingerprint density at radius 3 is 2.78 bits per heavy atom. The van der Waals surface area contributed by atoms with Crippen molar-refractivity contribution in [3.63, 3.8) is 0 Å². The van der Waals surface area contributed by atoms with Crippen LogP contribution in [0, 0.1) is 0 Å². The maximum atomic E-state index is 11.7. The number of esters is 1. The maximum absolute atomic E-state index is 11.7. The molecule has 18 heavy (non-hydrogen) atoms. The average molecular weight is 271 g/mol. The summed E-state index contributed by atoms with van der Waals surface area (Å²) in [6, 6.07) is 1.94. The SMILES string of the molecule is CCOC(=O)N(CCC(=O)OC)Cc1ccsc1. The molecule has 6 heteroatoms. The molecule has 1 aromatic heterocycles. The van der Waals surface area contributed by atoms with Gasteiger partial charge in [-0.1, -0.05) is 0 Å². The van der Waals surface area contributed by atoms with Crippen LogP contribution in [-0.2, 0) is 20.8 Å². The van der Waals surface area contributed by atoms with Gasteiger partial charge in [-0.15, -0.1) is 0 Å². The van der Waals surface area contributed by atoms with E-state index in [0.29, 0.717) is 19.7 Å². The molecule has 0 aromatic carbocycles. The van der Waals surface area contributed by atoms with Crippen LogP contribution in [0.1, 0.15) is 18.9 Å². The molecule has 0 aliphatic carbocycles. The van der Waals surface area contributed by atoms with E-state index in [1.54, 1.807) is 18.3 Å². The summed E-state index contributed by atoms with van der Waals surface area (Å²) >= 11 is 1.57. The largest absolute Gasteiger partial charge is 0.469 e. The fourth-order valence-electron chi connectivity index (χ4n) is 1.38. The first-order valence-electron chi connectivity index (χ1n) is 5.67. The topological polar surface area (TPSA) is 55.8 Å². The van der Waals surface area contributed by atoms with Crippen molar-refractivity contribution in [1.82, 2.24) is 4.90 Å². The van der Waals surface area contributed by atoms with Gasteiger partial charge in [0.2, 0.25) is 0 Å². The van der Waals surface area contributed by atoms with E-state index in [0.717, 1.165) is 5.56 Å². The van der Waals surface area contributed by atoms with Gasteiger partial charge in [-0.3, -0.25) is 4.79 Å². The minimum atomic E-state index is -0.410. The van der Waals surface area contributed by atoms with Crippen molar-refractivity contribution in [1.29, 1.82) is 0 Å². The molecular formula is C12H17NO4S. The molecule has 0 atom stereocenters. The Kier molecular flexibility index (Phi) is 6.21. The number of ether oxygens (including phenoxy) is 2. The van der Waals surface area contributed by atoms with Gasteiger partial charge in [0.05, 0.1) is 20.1 Å². The molecule has 0 N–H and O–H groups in total. The summed E-state index contributed by atoms with van der Waals surface area (Å²) < 4.78 is 9.52. The Labute approximate surface area is 110 Å². The van der Waals surface area contributed by atoms with Gasteiger partial charge in [-0.25, -0.2) is 4.79 Å². The number of hydrogen-bond donors (Lipinski definition) is 0. The van der Waals surface area contributed by atoms with E-state index in [1.807, 2.05) is 16.8 Å². The Balaban J connectivity index is 2.57. The zero-order valence-electron chi connectivity index (χ0n) is 10.5. The van der Waals surface area contributed by atoms with E-state index in [-0.39, 0.29) is 12.4 Å². The molecule has 1 amide bonds. The van der Waals surface area contributed by atoms with Gasteiger partial charge < -0.3 is 14.4 Å². The van der Waals surface area contributed by atoms with Crippen LogP contribution >= 0.6 is 11.3 Å². The van der Waals surface area contributed by atoms with Crippen molar-refractivity contribution in [3.05, 3.63) is 22.4 Å². The summed E-state index contributed by atoms with van der Waals surface area (Å²) in [7, 11) is 1.33. The molecule has 0 fully saturated rings. The first kappa shape index (κ1) is 14.5. The number of nitrogens with zero attached hydrogens (tertiary/aromatic N) is 1. The second kappa shape index (κ2) is 7.71. The number of hydrogen-bond acceptors (Lipinski definition) is 5. The van der Waals surface area contributed by atoms with Crippen LogP contribution in [0.4, 0.5) is 4.79 Å². The van der Waals surface area contributed by atoms with Gasteiger partial charge in [0, 0.05) is 13.1 Å². The fourth-order valence-corrected chi connectivity index (χ4v) is 2.04. The van der Waals surface area contributed by atoms with Crippen LogP contribution < -0.4 is 0 Å². The predicted octanol–water partition coefficient (Wildman–Crippen LogP) is 2.27. The molecule has 0 aliphatic rings. The molecule has 1 aromatic rings. The molecule has 100 valence electrons. The van der Waals surface area contributed by atoms with Crippen LogP contribution in [0.25, 0.3) is 0 Å². The molecule has 1 heterocycles. The molecule has 0 saturated heterocycles. The smallest absolute Gasteiger partial charge is 0.410 e. The van der Waals surface area contributed by atoms with Crippen molar-refractivity contribution < 1.29 is 19.1 Å². The highest BCUT2D eigenvalue weighted by atomic mass is 32.1. The Bertz CT molecular complexity index is 377. The third kappa shape index (κ3) is 4.75. The molecule has 0 aliphatic heterocycles. The van der Waals surface area contributed by atoms with Crippen molar-refractivity contribution >= 4 is 23.4 Å². The van der Waals surface area contributed by atoms with Crippen molar-refractivity contribution in [2.75, 3.05) is 20.3 Å². The van der Waals surface area contributed by atoms with E-state index in [9.17, 15) is 9.59 Å². The fraction of sp³-hybridized carbons (Fsp3) is 0.500. The van der Waals surface area contributed by atoms with Crippen LogP contribution in [0.2, 0.25) is 0 Å². The highest BCUT2D eigenvalue weighted by molar-refractivity contribution is 7.07. The highest BCUT2D eigenvalue weighted by Gasteiger charge is 2.16. The lowest BCUT2D eigenvalue weighted by molar-refractivity contribution is -0.140. The Hall–Kier alpha value is -1.56. The molecule has 0 unspecified atom stereocenters.